The Kier molecular flexibility index (Phi) is 6.31. The number of ether oxygens (including phenoxy) is 2. The van der Waals surface area contributed by atoms with Crippen molar-refractivity contribution in [3.63, 3.8) is 0 Å². The molecule has 1 aliphatic carbocycles. The number of carboxylic acids is 1. The maximum atomic E-state index is 13.1. The molecule has 0 saturated heterocycles. The number of nitrogens with one attached hydrogen (secondary N) is 1. The van der Waals surface area contributed by atoms with Gasteiger partial charge in [0.05, 0.1) is 5.92 Å². The Morgan fingerprint density at radius 1 is 1.03 bits per heavy atom. The van der Waals surface area contributed by atoms with Crippen LogP contribution in [0.2, 0.25) is 0 Å². The summed E-state index contributed by atoms with van der Waals surface area (Å²) < 4.78 is 11.1. The van der Waals surface area contributed by atoms with Crippen LogP contribution >= 0.6 is 0 Å². The van der Waals surface area contributed by atoms with Gasteiger partial charge in [0.25, 0.3) is 0 Å². The van der Waals surface area contributed by atoms with Gasteiger partial charge in [-0.2, -0.15) is 0 Å². The zero-order valence-electron chi connectivity index (χ0n) is 17.6. The molecular formula is C23H26N2O6. The fourth-order valence-electron chi connectivity index (χ4n) is 3.57. The summed E-state index contributed by atoms with van der Waals surface area (Å²) in [7, 11) is 0. The number of esters is 1. The number of hydrogen-bond acceptors (Lipinski definition) is 6. The normalized spacial score (nSPS) is 14.7. The van der Waals surface area contributed by atoms with Crippen LogP contribution in [0.1, 0.15) is 37.8 Å². The van der Waals surface area contributed by atoms with E-state index in [0.717, 1.165) is 22.3 Å². The van der Waals surface area contributed by atoms with Crippen molar-refractivity contribution in [1.29, 1.82) is 0 Å². The van der Waals surface area contributed by atoms with Gasteiger partial charge in [-0.25, -0.2) is 9.59 Å². The third kappa shape index (κ3) is 5.03. The minimum Gasteiger partial charge on any atom is -0.480 e. The summed E-state index contributed by atoms with van der Waals surface area (Å²) in [6, 6.07) is 13.9. The molecule has 0 heterocycles. The molecule has 0 radical (unpaired) electrons. The molecule has 0 fully saturated rings. The summed E-state index contributed by atoms with van der Waals surface area (Å²) in [6.45, 7) is 4.84. The summed E-state index contributed by atoms with van der Waals surface area (Å²) in [5.74, 6) is -2.52. The lowest BCUT2D eigenvalue weighted by molar-refractivity contribution is -0.165. The second kappa shape index (κ2) is 8.77. The Morgan fingerprint density at radius 3 is 2.03 bits per heavy atom. The van der Waals surface area contributed by atoms with E-state index in [-0.39, 0.29) is 6.54 Å². The number of carbonyl (C=O) groups excluding carboxylic acids is 2. The summed E-state index contributed by atoms with van der Waals surface area (Å²) in [5.41, 5.74) is 8.22. The zero-order valence-corrected chi connectivity index (χ0v) is 17.6. The van der Waals surface area contributed by atoms with E-state index in [4.69, 9.17) is 20.3 Å². The minimum absolute atomic E-state index is 0.340. The van der Waals surface area contributed by atoms with E-state index in [9.17, 15) is 14.4 Å². The molecule has 1 amide bonds. The van der Waals surface area contributed by atoms with Crippen molar-refractivity contribution >= 4 is 18.0 Å². The highest BCUT2D eigenvalue weighted by atomic mass is 16.6. The summed E-state index contributed by atoms with van der Waals surface area (Å²) in [5, 5.41) is 11.2. The van der Waals surface area contributed by atoms with Crippen LogP contribution in [0.15, 0.2) is 48.5 Å². The van der Waals surface area contributed by atoms with Crippen LogP contribution in [0.3, 0.4) is 0 Å². The van der Waals surface area contributed by atoms with Gasteiger partial charge in [0.1, 0.15) is 11.6 Å². The Morgan fingerprint density at radius 2 is 1.55 bits per heavy atom. The van der Waals surface area contributed by atoms with Gasteiger partial charge >= 0.3 is 18.0 Å². The first kappa shape index (κ1) is 22.3. The average molecular weight is 426 g/mol. The number of rotatable bonds is 6. The van der Waals surface area contributed by atoms with E-state index >= 15 is 0 Å². The van der Waals surface area contributed by atoms with Crippen LogP contribution < -0.4 is 11.1 Å². The molecule has 2 atom stereocenters. The summed E-state index contributed by atoms with van der Waals surface area (Å²) in [4.78, 5) is 36.4. The Labute approximate surface area is 180 Å². The number of hydrogen-bond donors (Lipinski definition) is 3. The topological polar surface area (TPSA) is 128 Å². The SMILES string of the molecule is CC(C)(C)OC(=O)C(OC(=O)NCC(N)C(=O)O)C1c2ccccc2-c2ccccc21. The van der Waals surface area contributed by atoms with Crippen LogP contribution in [0.25, 0.3) is 11.1 Å². The van der Waals surface area contributed by atoms with E-state index in [1.807, 2.05) is 48.5 Å². The van der Waals surface area contributed by atoms with Crippen molar-refractivity contribution in [2.75, 3.05) is 6.54 Å². The smallest absolute Gasteiger partial charge is 0.408 e. The highest BCUT2D eigenvalue weighted by Crippen LogP contribution is 2.47. The number of carboxylic acid groups (broad SMARTS) is 1. The van der Waals surface area contributed by atoms with Gasteiger partial charge in [0.15, 0.2) is 0 Å². The molecule has 31 heavy (non-hydrogen) atoms. The number of amides is 1. The third-order valence-corrected chi connectivity index (χ3v) is 4.84. The fraction of sp³-hybridized carbons (Fsp3) is 0.348. The number of benzene rings is 2. The number of alkyl carbamates (subject to hydrolysis) is 1. The van der Waals surface area contributed by atoms with E-state index in [1.165, 1.54) is 0 Å². The maximum absolute atomic E-state index is 13.1. The van der Waals surface area contributed by atoms with Crippen molar-refractivity contribution in [3.8, 4) is 11.1 Å². The zero-order chi connectivity index (χ0) is 22.8. The molecular weight excluding hydrogens is 400 g/mol. The predicted octanol–water partition coefficient (Wildman–Crippen LogP) is 2.65. The Hall–Kier alpha value is -3.39. The second-order valence-corrected chi connectivity index (χ2v) is 8.34. The first-order valence-electron chi connectivity index (χ1n) is 9.92. The molecule has 3 rings (SSSR count). The quantitative estimate of drug-likeness (QED) is 0.606. The van der Waals surface area contributed by atoms with Gasteiger partial charge in [-0.15, -0.1) is 0 Å². The van der Waals surface area contributed by atoms with Gasteiger partial charge < -0.3 is 25.6 Å². The first-order valence-corrected chi connectivity index (χ1v) is 9.92. The van der Waals surface area contributed by atoms with Gasteiger partial charge in [-0.1, -0.05) is 48.5 Å². The Bertz CT molecular complexity index is 952. The molecule has 1 aliphatic rings. The van der Waals surface area contributed by atoms with Gasteiger partial charge in [0.2, 0.25) is 6.10 Å². The number of carbonyl (C=O) groups is 3. The van der Waals surface area contributed by atoms with Crippen LogP contribution in [-0.4, -0.2) is 47.4 Å². The van der Waals surface area contributed by atoms with Crippen molar-refractivity contribution in [3.05, 3.63) is 59.7 Å². The van der Waals surface area contributed by atoms with Crippen LogP contribution in [0, 0.1) is 0 Å². The molecule has 0 bridgehead atoms. The molecule has 2 aromatic carbocycles. The standard InChI is InChI=1S/C23H26N2O6/c1-23(2,3)31-21(28)19(30-22(29)25-12-17(24)20(26)27)18-15-10-6-4-8-13(15)14-9-5-7-11-16(14)18/h4-11,17-19H,12,24H2,1-3H3,(H,25,29)(H,26,27). The molecule has 164 valence electrons. The van der Waals surface area contributed by atoms with Gasteiger partial charge in [-0.3, -0.25) is 4.79 Å². The largest absolute Gasteiger partial charge is 0.480 e. The summed E-state index contributed by atoms with van der Waals surface area (Å²) >= 11 is 0. The van der Waals surface area contributed by atoms with Crippen LogP contribution in [0.5, 0.6) is 0 Å². The van der Waals surface area contributed by atoms with E-state index in [1.54, 1.807) is 20.8 Å². The minimum atomic E-state index is -1.29. The lowest BCUT2D eigenvalue weighted by atomic mass is 9.91. The van der Waals surface area contributed by atoms with E-state index < -0.39 is 41.7 Å². The lowest BCUT2D eigenvalue weighted by Crippen LogP contribution is -2.45. The maximum Gasteiger partial charge on any atom is 0.408 e. The number of fused-ring (bicyclic) bond motifs is 3. The monoisotopic (exact) mass is 426 g/mol. The van der Waals surface area contributed by atoms with E-state index in [2.05, 4.69) is 5.32 Å². The molecule has 8 heteroatoms. The fourth-order valence-corrected chi connectivity index (χ4v) is 3.57. The van der Waals surface area contributed by atoms with E-state index in [0.29, 0.717) is 0 Å². The van der Waals surface area contributed by atoms with Crippen molar-refractivity contribution in [2.45, 2.75) is 44.4 Å². The molecule has 0 spiro atoms. The van der Waals surface area contributed by atoms with Crippen molar-refractivity contribution in [1.82, 2.24) is 5.32 Å². The van der Waals surface area contributed by atoms with Gasteiger partial charge in [-0.05, 0) is 43.0 Å². The molecule has 4 N–H and O–H groups in total. The second-order valence-electron chi connectivity index (χ2n) is 8.34. The van der Waals surface area contributed by atoms with Crippen molar-refractivity contribution < 1.29 is 29.0 Å². The lowest BCUT2D eigenvalue weighted by Gasteiger charge is -2.28. The molecule has 8 nitrogen and oxygen atoms in total. The van der Waals surface area contributed by atoms with Crippen LogP contribution in [0.4, 0.5) is 4.79 Å². The highest BCUT2D eigenvalue weighted by molar-refractivity contribution is 5.86. The highest BCUT2D eigenvalue weighted by Gasteiger charge is 2.42. The molecule has 0 saturated carbocycles. The van der Waals surface area contributed by atoms with Crippen LogP contribution in [-0.2, 0) is 19.1 Å². The summed E-state index contributed by atoms with van der Waals surface area (Å²) in [6.07, 6.45) is -2.22. The molecule has 2 aromatic rings. The third-order valence-electron chi connectivity index (χ3n) is 4.84. The van der Waals surface area contributed by atoms with Gasteiger partial charge in [0, 0.05) is 6.54 Å². The van der Waals surface area contributed by atoms with Crippen molar-refractivity contribution in [2.24, 2.45) is 5.73 Å². The number of nitrogens with two attached hydrogens (primary N) is 1. The Balaban J connectivity index is 1.94. The first-order chi connectivity index (χ1) is 14.6. The molecule has 2 unspecified atom stereocenters. The molecule has 0 aliphatic heterocycles. The average Bonchev–Trinajstić information content (AvgIpc) is 3.03. The molecule has 0 aromatic heterocycles. The predicted molar refractivity (Wildman–Crippen MR) is 113 cm³/mol. The number of aliphatic carboxylic acids is 1.